The molecule has 7 nitrogen and oxygen atoms in total. The van der Waals surface area contributed by atoms with Gasteiger partial charge in [-0.15, -0.1) is 0 Å². The second-order valence-corrected chi connectivity index (χ2v) is 6.95. The number of ether oxygens (including phenoxy) is 2. The first-order valence-electron chi connectivity index (χ1n) is 9.05. The Hall–Kier alpha value is -2.70. The smallest absolute Gasteiger partial charge is 0.322 e. The largest absolute Gasteiger partial charge is 0.486 e. The second-order valence-electron chi connectivity index (χ2n) is 6.95. The van der Waals surface area contributed by atoms with Gasteiger partial charge in [0.25, 0.3) is 0 Å². The number of urea groups is 1. The summed E-state index contributed by atoms with van der Waals surface area (Å²) < 4.78 is 16.6. The molecule has 1 N–H and O–H groups in total. The zero-order valence-electron chi connectivity index (χ0n) is 15.0. The summed E-state index contributed by atoms with van der Waals surface area (Å²) >= 11 is 0. The number of nitrogens with zero attached hydrogens (tertiary/aromatic N) is 2. The Bertz CT molecular complexity index is 802. The van der Waals surface area contributed by atoms with E-state index in [2.05, 4.69) is 24.3 Å². The van der Waals surface area contributed by atoms with Crippen LogP contribution >= 0.6 is 0 Å². The van der Waals surface area contributed by atoms with Crippen LogP contribution in [-0.4, -0.2) is 35.8 Å². The van der Waals surface area contributed by atoms with E-state index in [0.29, 0.717) is 42.9 Å². The van der Waals surface area contributed by atoms with Crippen molar-refractivity contribution in [1.82, 2.24) is 10.1 Å². The number of benzene rings is 1. The number of hydrogen-bond donors (Lipinski definition) is 1. The van der Waals surface area contributed by atoms with Gasteiger partial charge in [-0.1, -0.05) is 19.0 Å². The van der Waals surface area contributed by atoms with Crippen molar-refractivity contribution in [3.8, 4) is 11.5 Å². The number of likely N-dealkylation sites (tertiary alicyclic amines) is 1. The quantitative estimate of drug-likeness (QED) is 0.900. The molecule has 1 saturated heterocycles. The topological polar surface area (TPSA) is 76.8 Å². The summed E-state index contributed by atoms with van der Waals surface area (Å²) in [5.74, 6) is 2.41. The Balaban J connectivity index is 1.48. The molecule has 0 saturated carbocycles. The zero-order valence-corrected chi connectivity index (χ0v) is 15.0. The van der Waals surface area contributed by atoms with Crippen LogP contribution in [-0.2, 0) is 0 Å². The van der Waals surface area contributed by atoms with Crippen molar-refractivity contribution in [2.45, 2.75) is 38.6 Å². The standard InChI is InChI=1S/C19H23N3O4/c1-12(2)14-11-17(26-21-14)15-4-3-7-22(15)19(23)20-13-5-6-16-18(10-13)25-9-8-24-16/h5-6,10-12,15H,3-4,7-9H2,1-2H3,(H,20,23). The van der Waals surface area contributed by atoms with Crippen molar-refractivity contribution in [1.29, 1.82) is 0 Å². The lowest BCUT2D eigenvalue weighted by atomic mass is 10.1. The number of rotatable bonds is 3. The summed E-state index contributed by atoms with van der Waals surface area (Å²) in [7, 11) is 0. The average Bonchev–Trinajstić information content (AvgIpc) is 3.30. The molecule has 1 aromatic heterocycles. The van der Waals surface area contributed by atoms with Crippen LogP contribution in [0, 0.1) is 0 Å². The third kappa shape index (κ3) is 3.21. The van der Waals surface area contributed by atoms with Crippen LogP contribution in [0.5, 0.6) is 11.5 Å². The molecular weight excluding hydrogens is 334 g/mol. The van der Waals surface area contributed by atoms with E-state index < -0.39 is 0 Å². The van der Waals surface area contributed by atoms with Gasteiger partial charge in [0, 0.05) is 24.4 Å². The lowest BCUT2D eigenvalue weighted by Gasteiger charge is -2.24. The lowest BCUT2D eigenvalue weighted by molar-refractivity contribution is 0.171. The summed E-state index contributed by atoms with van der Waals surface area (Å²) in [6.07, 6.45) is 1.82. The van der Waals surface area contributed by atoms with E-state index in [-0.39, 0.29) is 12.1 Å². The number of carbonyl (C=O) groups is 1. The highest BCUT2D eigenvalue weighted by molar-refractivity contribution is 5.90. The van der Waals surface area contributed by atoms with Crippen molar-refractivity contribution in [2.24, 2.45) is 0 Å². The molecule has 2 amide bonds. The Morgan fingerprint density at radius 2 is 2.04 bits per heavy atom. The van der Waals surface area contributed by atoms with Gasteiger partial charge >= 0.3 is 6.03 Å². The van der Waals surface area contributed by atoms with Gasteiger partial charge in [-0.05, 0) is 30.9 Å². The van der Waals surface area contributed by atoms with Crippen molar-refractivity contribution in [3.05, 3.63) is 35.7 Å². The molecule has 1 unspecified atom stereocenters. The molecule has 2 aromatic rings. The molecule has 4 rings (SSSR count). The van der Waals surface area contributed by atoms with Crippen LogP contribution in [0.1, 0.15) is 50.1 Å². The molecule has 1 fully saturated rings. The second kappa shape index (κ2) is 6.90. The van der Waals surface area contributed by atoms with Gasteiger partial charge in [-0.3, -0.25) is 0 Å². The number of amides is 2. The molecule has 0 radical (unpaired) electrons. The van der Waals surface area contributed by atoms with Crippen molar-refractivity contribution in [3.63, 3.8) is 0 Å². The summed E-state index contributed by atoms with van der Waals surface area (Å²) in [5.41, 5.74) is 1.60. The summed E-state index contributed by atoms with van der Waals surface area (Å²) in [6.45, 7) is 5.90. The minimum absolute atomic E-state index is 0.0767. The molecule has 1 atom stereocenters. The molecule has 7 heteroatoms. The predicted molar refractivity (Wildman–Crippen MR) is 95.7 cm³/mol. The highest BCUT2D eigenvalue weighted by Crippen LogP contribution is 2.35. The average molecular weight is 357 g/mol. The van der Waals surface area contributed by atoms with E-state index in [1.807, 2.05) is 18.2 Å². The number of aromatic nitrogens is 1. The minimum Gasteiger partial charge on any atom is -0.486 e. The van der Waals surface area contributed by atoms with E-state index >= 15 is 0 Å². The number of anilines is 1. The maximum atomic E-state index is 12.8. The molecule has 2 aliphatic rings. The Kier molecular flexibility index (Phi) is 4.44. The van der Waals surface area contributed by atoms with Crippen LogP contribution in [0.4, 0.5) is 10.5 Å². The van der Waals surface area contributed by atoms with Gasteiger partial charge in [-0.2, -0.15) is 0 Å². The molecule has 0 spiro atoms. The van der Waals surface area contributed by atoms with E-state index in [0.717, 1.165) is 24.3 Å². The normalized spacial score (nSPS) is 19.0. The lowest BCUT2D eigenvalue weighted by Crippen LogP contribution is -2.34. The molecule has 3 heterocycles. The zero-order chi connectivity index (χ0) is 18.1. The highest BCUT2D eigenvalue weighted by atomic mass is 16.6. The van der Waals surface area contributed by atoms with Gasteiger partial charge in [0.2, 0.25) is 0 Å². The van der Waals surface area contributed by atoms with Gasteiger partial charge in [0.15, 0.2) is 17.3 Å². The van der Waals surface area contributed by atoms with Crippen molar-refractivity contribution in [2.75, 3.05) is 25.1 Å². The van der Waals surface area contributed by atoms with Gasteiger partial charge < -0.3 is 24.2 Å². The van der Waals surface area contributed by atoms with E-state index in [1.165, 1.54) is 0 Å². The molecular formula is C19H23N3O4. The Morgan fingerprint density at radius 3 is 2.81 bits per heavy atom. The van der Waals surface area contributed by atoms with Crippen molar-refractivity contribution >= 4 is 11.7 Å². The van der Waals surface area contributed by atoms with E-state index in [4.69, 9.17) is 14.0 Å². The minimum atomic E-state index is -0.147. The third-order valence-corrected chi connectivity index (χ3v) is 4.77. The van der Waals surface area contributed by atoms with Crippen LogP contribution in [0.15, 0.2) is 28.8 Å². The fraction of sp³-hybridized carbons (Fsp3) is 0.474. The van der Waals surface area contributed by atoms with Gasteiger partial charge in [0.1, 0.15) is 13.2 Å². The molecule has 1 aromatic carbocycles. The number of hydrogen-bond acceptors (Lipinski definition) is 5. The predicted octanol–water partition coefficient (Wildman–Crippen LogP) is 3.94. The van der Waals surface area contributed by atoms with Crippen molar-refractivity contribution < 1.29 is 18.8 Å². The maximum Gasteiger partial charge on any atom is 0.322 e. The van der Waals surface area contributed by atoms with Crippen LogP contribution in [0.2, 0.25) is 0 Å². The van der Waals surface area contributed by atoms with E-state index in [9.17, 15) is 4.79 Å². The van der Waals surface area contributed by atoms with E-state index in [1.54, 1.807) is 11.0 Å². The van der Waals surface area contributed by atoms with Crippen LogP contribution < -0.4 is 14.8 Å². The summed E-state index contributed by atoms with van der Waals surface area (Å²) in [4.78, 5) is 14.6. The molecule has 26 heavy (non-hydrogen) atoms. The van der Waals surface area contributed by atoms with Crippen LogP contribution in [0.25, 0.3) is 0 Å². The van der Waals surface area contributed by atoms with Crippen LogP contribution in [0.3, 0.4) is 0 Å². The maximum absolute atomic E-state index is 12.8. The summed E-state index contributed by atoms with van der Waals surface area (Å²) in [6, 6.07) is 7.17. The SMILES string of the molecule is CC(C)c1cc(C2CCCN2C(=O)Nc2ccc3c(c2)OCCO3)on1. The number of carbonyl (C=O) groups excluding carboxylic acids is 1. The van der Waals surface area contributed by atoms with Gasteiger partial charge in [-0.25, -0.2) is 4.79 Å². The first-order chi connectivity index (χ1) is 12.6. The summed E-state index contributed by atoms with van der Waals surface area (Å²) in [5, 5.41) is 7.08. The fourth-order valence-corrected chi connectivity index (χ4v) is 3.35. The highest BCUT2D eigenvalue weighted by Gasteiger charge is 2.33. The third-order valence-electron chi connectivity index (χ3n) is 4.77. The molecule has 0 aliphatic carbocycles. The molecule has 0 bridgehead atoms. The fourth-order valence-electron chi connectivity index (χ4n) is 3.35. The van der Waals surface area contributed by atoms with Gasteiger partial charge in [0.05, 0.1) is 11.7 Å². The number of fused-ring (bicyclic) bond motifs is 1. The molecule has 2 aliphatic heterocycles. The Labute approximate surface area is 152 Å². The Morgan fingerprint density at radius 1 is 1.23 bits per heavy atom. The monoisotopic (exact) mass is 357 g/mol. The molecule has 138 valence electrons. The first-order valence-corrected chi connectivity index (χ1v) is 9.05. The first kappa shape index (κ1) is 16.8. The number of nitrogens with one attached hydrogen (secondary N) is 1.